The molecule has 0 radical (unpaired) electrons. The van der Waals surface area contributed by atoms with Crippen LogP contribution in [0.2, 0.25) is 0 Å². The highest BCUT2D eigenvalue weighted by molar-refractivity contribution is 6.04. The van der Waals surface area contributed by atoms with Crippen molar-refractivity contribution in [3.05, 3.63) is 94.5 Å². The maximum Gasteiger partial charge on any atom is 0.421 e. The maximum atomic E-state index is 12.5. The summed E-state index contributed by atoms with van der Waals surface area (Å²) in [5.41, 5.74) is 3.44. The van der Waals surface area contributed by atoms with Crippen LogP contribution >= 0.6 is 0 Å². The van der Waals surface area contributed by atoms with Gasteiger partial charge >= 0.3 is 11.7 Å². The monoisotopic (exact) mass is 449 g/mol. The topological polar surface area (TPSA) is 134 Å². The Bertz CT molecular complexity index is 1310. The summed E-state index contributed by atoms with van der Waals surface area (Å²) in [7, 11) is 0. The molecule has 0 saturated carbocycles. The largest absolute Gasteiger partial charge is 0.462 e. The van der Waals surface area contributed by atoms with Gasteiger partial charge in [0.2, 0.25) is 0 Å². The van der Waals surface area contributed by atoms with Crippen LogP contribution in [-0.2, 0) is 11.4 Å². The van der Waals surface area contributed by atoms with Crippen LogP contribution in [0.25, 0.3) is 11.1 Å². The number of benzene rings is 3. The van der Waals surface area contributed by atoms with Gasteiger partial charge in [-0.15, -0.1) is 0 Å². The molecule has 4 rings (SSSR count). The zero-order valence-corrected chi connectivity index (χ0v) is 17.8. The summed E-state index contributed by atoms with van der Waals surface area (Å²) in [5.74, 6) is -1.12. The van der Waals surface area contributed by atoms with Crippen LogP contribution in [0.4, 0.5) is 11.4 Å². The predicted octanol–water partition coefficient (Wildman–Crippen LogP) is 3.27. The number of aromatic nitrogens is 1. The van der Waals surface area contributed by atoms with Gasteiger partial charge in [-0.05, 0) is 67.6 Å². The Kier molecular flexibility index (Phi) is 7.27. The van der Waals surface area contributed by atoms with Crippen LogP contribution in [0.3, 0.4) is 0 Å². The second-order valence-corrected chi connectivity index (χ2v) is 6.93. The molecule has 0 fully saturated rings. The lowest BCUT2D eigenvalue weighted by molar-refractivity contribution is 0.0526. The van der Waals surface area contributed by atoms with Crippen molar-refractivity contribution in [2.24, 2.45) is 0 Å². The van der Waals surface area contributed by atoms with Gasteiger partial charge in [0.15, 0.2) is 5.58 Å². The smallest absolute Gasteiger partial charge is 0.421 e. The summed E-state index contributed by atoms with van der Waals surface area (Å²) in [6.07, 6.45) is 0. The number of hydrogen-bond donors (Lipinski definition) is 2. The van der Waals surface area contributed by atoms with E-state index in [-0.39, 0.29) is 18.1 Å². The Morgan fingerprint density at radius 2 is 1.55 bits per heavy atom. The van der Waals surface area contributed by atoms with Gasteiger partial charge in [0.25, 0.3) is 5.91 Å². The van der Waals surface area contributed by atoms with E-state index in [1.165, 1.54) is 4.57 Å². The van der Waals surface area contributed by atoms with Crippen molar-refractivity contribution in [2.45, 2.75) is 13.6 Å². The zero-order chi connectivity index (χ0) is 22.5. The molecule has 9 nitrogen and oxygen atoms in total. The van der Waals surface area contributed by atoms with E-state index >= 15 is 0 Å². The SMILES string of the molecule is CCOC(=O)c1ccc(NC(=O)c2ccc(NCn3c(=O)oc4ccccc43)cc2)cc1.O. The number of carbonyl (C=O) groups excluding carboxylic acids is 2. The minimum atomic E-state index is -0.441. The molecule has 1 heterocycles. The number of amides is 1. The van der Waals surface area contributed by atoms with Crippen LogP contribution < -0.4 is 16.4 Å². The van der Waals surface area contributed by atoms with Crippen LogP contribution in [0.1, 0.15) is 27.6 Å². The molecular formula is C24H23N3O6. The van der Waals surface area contributed by atoms with E-state index in [1.54, 1.807) is 61.5 Å². The molecule has 170 valence electrons. The third-order valence-electron chi connectivity index (χ3n) is 4.82. The predicted molar refractivity (Wildman–Crippen MR) is 125 cm³/mol. The first-order valence-corrected chi connectivity index (χ1v) is 10.1. The lowest BCUT2D eigenvalue weighted by atomic mass is 10.1. The van der Waals surface area contributed by atoms with Crippen molar-refractivity contribution >= 4 is 34.4 Å². The average molecular weight is 449 g/mol. The minimum Gasteiger partial charge on any atom is -0.462 e. The Balaban J connectivity index is 0.00000306. The summed E-state index contributed by atoms with van der Waals surface area (Å²) in [6.45, 7) is 2.28. The minimum absolute atomic E-state index is 0. The number of esters is 1. The Morgan fingerprint density at radius 3 is 2.24 bits per heavy atom. The molecule has 4 N–H and O–H groups in total. The van der Waals surface area contributed by atoms with Gasteiger partial charge in [0.05, 0.1) is 24.4 Å². The molecule has 0 atom stereocenters. The van der Waals surface area contributed by atoms with Crippen molar-refractivity contribution in [3.8, 4) is 0 Å². The number of rotatable bonds is 7. The van der Waals surface area contributed by atoms with Gasteiger partial charge in [-0.3, -0.25) is 9.36 Å². The van der Waals surface area contributed by atoms with Crippen LogP contribution in [0.15, 0.2) is 82.0 Å². The normalized spacial score (nSPS) is 10.3. The number of carbonyl (C=O) groups is 2. The molecule has 33 heavy (non-hydrogen) atoms. The molecule has 0 bridgehead atoms. The quantitative estimate of drug-likeness (QED) is 0.416. The van der Waals surface area contributed by atoms with Crippen LogP contribution in [0.5, 0.6) is 0 Å². The van der Waals surface area contributed by atoms with Gasteiger partial charge in [-0.1, -0.05) is 12.1 Å². The molecular weight excluding hydrogens is 426 g/mol. The van der Waals surface area contributed by atoms with E-state index in [0.717, 1.165) is 5.69 Å². The van der Waals surface area contributed by atoms with Gasteiger partial charge in [0.1, 0.15) is 0 Å². The number of oxazole rings is 1. The van der Waals surface area contributed by atoms with Crippen LogP contribution in [0, 0.1) is 0 Å². The molecule has 0 unspecified atom stereocenters. The first kappa shape index (κ1) is 23.3. The number of para-hydroxylation sites is 2. The maximum absolute atomic E-state index is 12.5. The van der Waals surface area contributed by atoms with Gasteiger partial charge in [-0.25, -0.2) is 9.59 Å². The standard InChI is InChI=1S/C24H21N3O5.H2O/c1-2-31-23(29)17-9-13-19(14-10-17)26-22(28)16-7-11-18(12-8-16)25-15-27-20-5-3-4-6-21(20)32-24(27)30;/h3-14,25H,2,15H2,1H3,(H,26,28);1H2. The molecule has 0 aliphatic rings. The third-order valence-corrected chi connectivity index (χ3v) is 4.82. The number of anilines is 2. The molecule has 0 aliphatic carbocycles. The molecule has 1 amide bonds. The highest BCUT2D eigenvalue weighted by atomic mass is 16.5. The Hall–Kier alpha value is -4.37. The molecule has 9 heteroatoms. The van der Waals surface area contributed by atoms with E-state index in [9.17, 15) is 14.4 Å². The second kappa shape index (κ2) is 10.3. The first-order valence-electron chi connectivity index (χ1n) is 10.1. The van der Waals surface area contributed by atoms with Gasteiger partial charge in [-0.2, -0.15) is 0 Å². The molecule has 3 aromatic carbocycles. The third kappa shape index (κ3) is 5.28. The van der Waals surface area contributed by atoms with Gasteiger partial charge in [0, 0.05) is 16.9 Å². The lowest BCUT2D eigenvalue weighted by Crippen LogP contribution is -2.19. The second-order valence-electron chi connectivity index (χ2n) is 6.93. The van der Waals surface area contributed by atoms with E-state index in [2.05, 4.69) is 10.6 Å². The Morgan fingerprint density at radius 1 is 0.909 bits per heavy atom. The number of hydrogen-bond acceptors (Lipinski definition) is 6. The molecule has 1 aromatic heterocycles. The fraction of sp³-hybridized carbons (Fsp3) is 0.125. The number of ether oxygens (including phenoxy) is 1. The number of nitrogens with one attached hydrogen (secondary N) is 2. The van der Waals surface area contributed by atoms with Crippen LogP contribution in [-0.4, -0.2) is 28.5 Å². The first-order chi connectivity index (χ1) is 15.5. The highest BCUT2D eigenvalue weighted by Crippen LogP contribution is 2.16. The average Bonchev–Trinajstić information content (AvgIpc) is 3.13. The summed E-state index contributed by atoms with van der Waals surface area (Å²) in [5, 5.41) is 5.94. The summed E-state index contributed by atoms with van der Waals surface area (Å²) >= 11 is 0. The van der Waals surface area contributed by atoms with Crippen molar-refractivity contribution in [2.75, 3.05) is 17.2 Å². The summed E-state index contributed by atoms with van der Waals surface area (Å²) in [4.78, 5) is 36.3. The van der Waals surface area contributed by atoms with Crippen molar-refractivity contribution in [1.82, 2.24) is 4.57 Å². The van der Waals surface area contributed by atoms with Gasteiger partial charge < -0.3 is 25.3 Å². The van der Waals surface area contributed by atoms with Crippen molar-refractivity contribution < 1.29 is 24.2 Å². The number of fused-ring (bicyclic) bond motifs is 1. The molecule has 0 saturated heterocycles. The van der Waals surface area contributed by atoms with E-state index < -0.39 is 11.7 Å². The highest BCUT2D eigenvalue weighted by Gasteiger charge is 2.10. The van der Waals surface area contributed by atoms with E-state index in [0.29, 0.717) is 34.5 Å². The molecule has 4 aromatic rings. The molecule has 0 spiro atoms. The zero-order valence-electron chi connectivity index (χ0n) is 17.8. The van der Waals surface area contributed by atoms with Crippen molar-refractivity contribution in [1.29, 1.82) is 0 Å². The number of nitrogens with zero attached hydrogens (tertiary/aromatic N) is 1. The fourth-order valence-electron chi connectivity index (χ4n) is 3.18. The fourth-order valence-corrected chi connectivity index (χ4v) is 3.18. The lowest BCUT2D eigenvalue weighted by Gasteiger charge is -2.09. The molecule has 0 aliphatic heterocycles. The summed E-state index contributed by atoms with van der Waals surface area (Å²) in [6, 6.07) is 20.6. The van der Waals surface area contributed by atoms with E-state index in [4.69, 9.17) is 9.15 Å². The van der Waals surface area contributed by atoms with E-state index in [1.807, 2.05) is 18.2 Å². The van der Waals surface area contributed by atoms with Crippen molar-refractivity contribution in [3.63, 3.8) is 0 Å². The Labute approximate surface area is 188 Å². The summed E-state index contributed by atoms with van der Waals surface area (Å²) < 4.78 is 11.7.